The highest BCUT2D eigenvalue weighted by atomic mass is 16.3. The predicted molar refractivity (Wildman–Crippen MR) is 122 cm³/mol. The van der Waals surface area contributed by atoms with Gasteiger partial charge in [0.2, 0.25) is 5.91 Å². The molecule has 0 spiro atoms. The molecule has 0 saturated carbocycles. The Morgan fingerprint density at radius 1 is 1.03 bits per heavy atom. The number of hydrogen-bond acceptors (Lipinski definition) is 4. The Hall–Kier alpha value is -3.09. The molecule has 1 saturated heterocycles. The van der Waals surface area contributed by atoms with Crippen molar-refractivity contribution in [1.82, 2.24) is 15.5 Å². The molecule has 0 aliphatic carbocycles. The van der Waals surface area contributed by atoms with E-state index in [9.17, 15) is 14.4 Å². The van der Waals surface area contributed by atoms with Crippen LogP contribution in [-0.4, -0.2) is 47.8 Å². The zero-order valence-electron chi connectivity index (χ0n) is 19.3. The highest BCUT2D eigenvalue weighted by molar-refractivity contribution is 5.98. The third-order valence-electron chi connectivity index (χ3n) is 6.25. The van der Waals surface area contributed by atoms with Crippen molar-refractivity contribution in [2.45, 2.75) is 52.6 Å². The maximum Gasteiger partial charge on any atom is 0.289 e. The molecule has 1 fully saturated rings. The summed E-state index contributed by atoms with van der Waals surface area (Å²) in [4.78, 5) is 40.4. The van der Waals surface area contributed by atoms with Crippen LogP contribution < -0.4 is 10.6 Å². The molecule has 7 nitrogen and oxygen atoms in total. The molecular formula is C25H33N3O4. The molecule has 32 heavy (non-hydrogen) atoms. The Kier molecular flexibility index (Phi) is 7.72. The number of carbonyl (C=O) groups excluding carboxylic acids is 3. The third kappa shape index (κ3) is 5.78. The van der Waals surface area contributed by atoms with Crippen molar-refractivity contribution in [3.05, 3.63) is 59.5 Å². The van der Waals surface area contributed by atoms with Crippen LogP contribution in [0, 0.1) is 18.8 Å². The zero-order valence-corrected chi connectivity index (χ0v) is 19.3. The van der Waals surface area contributed by atoms with Gasteiger partial charge >= 0.3 is 0 Å². The molecular weight excluding hydrogens is 406 g/mol. The molecule has 2 aromatic rings. The minimum Gasteiger partial charge on any atom is -0.459 e. The van der Waals surface area contributed by atoms with E-state index in [1.807, 2.05) is 45.9 Å². The lowest BCUT2D eigenvalue weighted by Crippen LogP contribution is -2.55. The van der Waals surface area contributed by atoms with Crippen molar-refractivity contribution in [3.8, 4) is 0 Å². The molecule has 172 valence electrons. The van der Waals surface area contributed by atoms with Crippen LogP contribution >= 0.6 is 0 Å². The lowest BCUT2D eigenvalue weighted by atomic mass is 9.88. The molecule has 7 heteroatoms. The molecule has 1 aromatic heterocycles. The summed E-state index contributed by atoms with van der Waals surface area (Å²) in [6.07, 6.45) is 2.72. The first-order valence-electron chi connectivity index (χ1n) is 11.3. The first-order valence-corrected chi connectivity index (χ1v) is 11.3. The second-order valence-corrected chi connectivity index (χ2v) is 8.97. The van der Waals surface area contributed by atoms with E-state index in [4.69, 9.17) is 4.42 Å². The average molecular weight is 440 g/mol. The molecule has 3 rings (SSSR count). The minimum absolute atomic E-state index is 0.0125. The highest BCUT2D eigenvalue weighted by Gasteiger charge is 2.35. The lowest BCUT2D eigenvalue weighted by molar-refractivity contribution is -0.125. The monoisotopic (exact) mass is 439 g/mol. The van der Waals surface area contributed by atoms with Gasteiger partial charge in [0.15, 0.2) is 5.76 Å². The van der Waals surface area contributed by atoms with Gasteiger partial charge in [-0.05, 0) is 62.8 Å². The summed E-state index contributed by atoms with van der Waals surface area (Å²) >= 11 is 0. The molecule has 0 bridgehead atoms. The number of aryl methyl sites for hydroxylation is 1. The summed E-state index contributed by atoms with van der Waals surface area (Å²) < 4.78 is 5.23. The fourth-order valence-corrected chi connectivity index (χ4v) is 3.88. The average Bonchev–Trinajstić information content (AvgIpc) is 3.31. The molecule has 0 radical (unpaired) electrons. The summed E-state index contributed by atoms with van der Waals surface area (Å²) in [6.45, 7) is 9.00. The van der Waals surface area contributed by atoms with Gasteiger partial charge in [0.1, 0.15) is 6.04 Å². The van der Waals surface area contributed by atoms with Crippen LogP contribution in [-0.2, 0) is 4.79 Å². The number of piperidine rings is 1. The molecule has 1 aliphatic rings. The van der Waals surface area contributed by atoms with Crippen molar-refractivity contribution in [2.75, 3.05) is 13.1 Å². The van der Waals surface area contributed by atoms with Crippen LogP contribution in [0.2, 0.25) is 0 Å². The van der Waals surface area contributed by atoms with Gasteiger partial charge in [-0.25, -0.2) is 0 Å². The van der Waals surface area contributed by atoms with E-state index >= 15 is 0 Å². The highest BCUT2D eigenvalue weighted by Crippen LogP contribution is 2.23. The van der Waals surface area contributed by atoms with Gasteiger partial charge in [-0.1, -0.05) is 31.5 Å². The summed E-state index contributed by atoms with van der Waals surface area (Å²) in [5.41, 5.74) is 1.52. The molecule has 3 amide bonds. The summed E-state index contributed by atoms with van der Waals surface area (Å²) in [5, 5.41) is 6.03. The molecule has 2 atom stereocenters. The number of carbonyl (C=O) groups is 3. The smallest absolute Gasteiger partial charge is 0.289 e. The van der Waals surface area contributed by atoms with Crippen LogP contribution in [0.3, 0.4) is 0 Å². The number of benzene rings is 1. The number of furan rings is 1. The lowest BCUT2D eigenvalue weighted by Gasteiger charge is -2.36. The topological polar surface area (TPSA) is 91.7 Å². The van der Waals surface area contributed by atoms with Gasteiger partial charge in [0, 0.05) is 24.7 Å². The van der Waals surface area contributed by atoms with E-state index in [1.54, 1.807) is 23.1 Å². The predicted octanol–water partition coefficient (Wildman–Crippen LogP) is 3.40. The van der Waals surface area contributed by atoms with Crippen LogP contribution in [0.15, 0.2) is 47.1 Å². The minimum atomic E-state index is -0.662. The number of likely N-dealkylation sites (tertiary alicyclic amines) is 1. The van der Waals surface area contributed by atoms with Gasteiger partial charge < -0.3 is 20.0 Å². The van der Waals surface area contributed by atoms with Gasteiger partial charge in [-0.3, -0.25) is 14.4 Å². The van der Waals surface area contributed by atoms with E-state index in [1.165, 1.54) is 6.26 Å². The summed E-state index contributed by atoms with van der Waals surface area (Å²) in [5.74, 6) is -0.0605. The van der Waals surface area contributed by atoms with Gasteiger partial charge in [-0.2, -0.15) is 0 Å². The Morgan fingerprint density at radius 3 is 2.34 bits per heavy atom. The molecule has 1 aromatic carbocycles. The van der Waals surface area contributed by atoms with Crippen LogP contribution in [0.5, 0.6) is 0 Å². The van der Waals surface area contributed by atoms with Gasteiger partial charge in [-0.15, -0.1) is 0 Å². The van der Waals surface area contributed by atoms with Crippen molar-refractivity contribution in [1.29, 1.82) is 0 Å². The largest absolute Gasteiger partial charge is 0.459 e. The Labute approximate surface area is 189 Å². The van der Waals surface area contributed by atoms with Crippen molar-refractivity contribution in [2.24, 2.45) is 11.8 Å². The van der Waals surface area contributed by atoms with Crippen molar-refractivity contribution < 1.29 is 18.8 Å². The number of rotatable bonds is 7. The first kappa shape index (κ1) is 23.6. The second kappa shape index (κ2) is 10.5. The van der Waals surface area contributed by atoms with E-state index in [0.717, 1.165) is 5.56 Å². The Balaban J connectivity index is 1.71. The Bertz CT molecular complexity index is 930. The maximum atomic E-state index is 13.2. The zero-order chi connectivity index (χ0) is 23.3. The first-order chi connectivity index (χ1) is 15.3. The van der Waals surface area contributed by atoms with E-state index in [2.05, 4.69) is 10.6 Å². The maximum absolute atomic E-state index is 13.2. The Morgan fingerprint density at radius 2 is 1.75 bits per heavy atom. The molecule has 1 aliphatic heterocycles. The number of hydrogen-bond donors (Lipinski definition) is 2. The third-order valence-corrected chi connectivity index (χ3v) is 6.25. The fourth-order valence-electron chi connectivity index (χ4n) is 3.88. The van der Waals surface area contributed by atoms with Crippen molar-refractivity contribution >= 4 is 17.7 Å². The van der Waals surface area contributed by atoms with Gasteiger partial charge in [0.05, 0.1) is 6.26 Å². The van der Waals surface area contributed by atoms with Gasteiger partial charge in [0.25, 0.3) is 11.8 Å². The normalized spacial score (nSPS) is 16.5. The number of amides is 3. The van der Waals surface area contributed by atoms with Crippen molar-refractivity contribution in [3.63, 3.8) is 0 Å². The molecule has 2 unspecified atom stereocenters. The quantitative estimate of drug-likeness (QED) is 0.692. The summed E-state index contributed by atoms with van der Waals surface area (Å²) in [6, 6.07) is 9.99. The van der Waals surface area contributed by atoms with E-state index in [0.29, 0.717) is 37.3 Å². The van der Waals surface area contributed by atoms with Crippen LogP contribution in [0.25, 0.3) is 0 Å². The fraction of sp³-hybridized carbons (Fsp3) is 0.480. The van der Waals surface area contributed by atoms with E-state index in [-0.39, 0.29) is 35.6 Å². The second-order valence-electron chi connectivity index (χ2n) is 8.97. The van der Waals surface area contributed by atoms with Crippen LogP contribution in [0.1, 0.15) is 60.1 Å². The molecule has 2 heterocycles. The van der Waals surface area contributed by atoms with Crippen LogP contribution in [0.4, 0.5) is 0 Å². The molecule has 2 N–H and O–H groups in total. The number of nitrogens with zero attached hydrogens (tertiary/aromatic N) is 1. The summed E-state index contributed by atoms with van der Waals surface area (Å²) in [7, 11) is 0. The van der Waals surface area contributed by atoms with E-state index < -0.39 is 6.04 Å². The standard InChI is InChI=1S/C25H33N3O4/c1-16(2)18(4)26-24(30)22(27-23(29)20-8-5-7-17(3)15-20)19-10-12-28(13-11-19)25(31)21-9-6-14-32-21/h5-9,14-16,18-19,22H,10-13H2,1-4H3,(H,26,30)(H,27,29). The number of nitrogens with one attached hydrogen (secondary N) is 2. The SMILES string of the molecule is Cc1cccc(C(=O)NC(C(=O)NC(C)C(C)C)C2CCN(C(=O)c3ccco3)CC2)c1.